The van der Waals surface area contributed by atoms with Crippen LogP contribution >= 0.6 is 15.9 Å². The van der Waals surface area contributed by atoms with E-state index in [9.17, 15) is 9.59 Å². The molecular weight excluding hydrogens is 356 g/mol. The first-order valence-electron chi connectivity index (χ1n) is 8.31. The van der Waals surface area contributed by atoms with Gasteiger partial charge in [0, 0.05) is 23.2 Å². The number of amides is 2. The Kier molecular flexibility index (Phi) is 4.76. The minimum absolute atomic E-state index is 0.0378. The lowest BCUT2D eigenvalue weighted by Gasteiger charge is -2.31. The van der Waals surface area contributed by atoms with Crippen molar-refractivity contribution in [2.24, 2.45) is 17.8 Å². The fourth-order valence-corrected chi connectivity index (χ4v) is 3.67. The van der Waals surface area contributed by atoms with Crippen LogP contribution in [0.1, 0.15) is 31.7 Å². The topological polar surface area (TPSA) is 49.4 Å². The molecule has 1 aliphatic carbocycles. The maximum atomic E-state index is 12.5. The largest absolute Gasteiger partial charge is 0.342 e. The lowest BCUT2D eigenvalue weighted by molar-refractivity contribution is -0.135. The van der Waals surface area contributed by atoms with Gasteiger partial charge >= 0.3 is 0 Å². The number of hydrogen-bond acceptors (Lipinski definition) is 2. The molecule has 124 valence electrons. The van der Waals surface area contributed by atoms with E-state index in [0.717, 1.165) is 35.2 Å². The Morgan fingerprint density at radius 3 is 2.78 bits per heavy atom. The molecule has 3 rings (SSSR count). The van der Waals surface area contributed by atoms with Gasteiger partial charge < -0.3 is 10.2 Å². The number of benzene rings is 1. The first-order valence-corrected chi connectivity index (χ1v) is 9.11. The summed E-state index contributed by atoms with van der Waals surface area (Å²) >= 11 is 3.47. The van der Waals surface area contributed by atoms with Gasteiger partial charge in [-0.15, -0.1) is 0 Å². The molecule has 2 amide bonds. The van der Waals surface area contributed by atoms with Gasteiger partial charge in [-0.1, -0.05) is 28.9 Å². The van der Waals surface area contributed by atoms with E-state index in [4.69, 9.17) is 0 Å². The Balaban J connectivity index is 1.56. The summed E-state index contributed by atoms with van der Waals surface area (Å²) in [5, 5.41) is 2.93. The third kappa shape index (κ3) is 3.77. The van der Waals surface area contributed by atoms with E-state index in [1.807, 2.05) is 30.0 Å². The van der Waals surface area contributed by atoms with Crippen molar-refractivity contribution in [1.82, 2.24) is 4.90 Å². The van der Waals surface area contributed by atoms with Crippen LogP contribution in [0.25, 0.3) is 0 Å². The zero-order chi connectivity index (χ0) is 16.6. The van der Waals surface area contributed by atoms with E-state index in [1.54, 1.807) is 0 Å². The van der Waals surface area contributed by atoms with E-state index >= 15 is 0 Å². The number of piperidine rings is 1. The number of carbonyl (C=O) groups excluding carboxylic acids is 2. The summed E-state index contributed by atoms with van der Waals surface area (Å²) in [5.74, 6) is 0.420. The maximum Gasteiger partial charge on any atom is 0.228 e. The monoisotopic (exact) mass is 378 g/mol. The smallest absolute Gasteiger partial charge is 0.228 e. The molecule has 5 heteroatoms. The predicted molar refractivity (Wildman–Crippen MR) is 94.1 cm³/mol. The quantitative estimate of drug-likeness (QED) is 0.873. The molecule has 1 aromatic carbocycles. The third-order valence-corrected chi connectivity index (χ3v) is 5.71. The molecule has 4 nitrogen and oxygen atoms in total. The Labute approximate surface area is 145 Å². The molecule has 0 bridgehead atoms. The summed E-state index contributed by atoms with van der Waals surface area (Å²) in [5.41, 5.74) is 1.90. The second-order valence-corrected chi connectivity index (χ2v) is 7.79. The first kappa shape index (κ1) is 16.5. The zero-order valence-corrected chi connectivity index (χ0v) is 15.2. The number of anilines is 1. The number of likely N-dealkylation sites (tertiary alicyclic amines) is 1. The Bertz CT molecular complexity index is 631. The normalized spacial score (nSPS) is 26.7. The minimum Gasteiger partial charge on any atom is -0.342 e. The molecule has 3 unspecified atom stereocenters. The van der Waals surface area contributed by atoms with Crippen molar-refractivity contribution in [3.05, 3.63) is 28.2 Å². The predicted octanol–water partition coefficient (Wildman–Crippen LogP) is 3.59. The van der Waals surface area contributed by atoms with Crippen LogP contribution in [0.3, 0.4) is 0 Å². The van der Waals surface area contributed by atoms with Gasteiger partial charge in [-0.3, -0.25) is 9.59 Å². The molecule has 1 aliphatic heterocycles. The summed E-state index contributed by atoms with van der Waals surface area (Å²) < 4.78 is 0.973. The van der Waals surface area contributed by atoms with Crippen LogP contribution in [-0.4, -0.2) is 29.8 Å². The number of rotatable bonds is 3. The average Bonchev–Trinajstić information content (AvgIpc) is 3.31. The van der Waals surface area contributed by atoms with Crippen molar-refractivity contribution in [1.29, 1.82) is 0 Å². The molecule has 1 heterocycles. The van der Waals surface area contributed by atoms with E-state index < -0.39 is 0 Å². The lowest BCUT2D eigenvalue weighted by Crippen LogP contribution is -2.40. The van der Waals surface area contributed by atoms with E-state index in [2.05, 4.69) is 28.2 Å². The molecule has 1 saturated heterocycles. The van der Waals surface area contributed by atoms with E-state index in [1.165, 1.54) is 6.42 Å². The fraction of sp³-hybridized carbons (Fsp3) is 0.556. The van der Waals surface area contributed by atoms with Gasteiger partial charge in [0.15, 0.2) is 0 Å². The maximum absolute atomic E-state index is 12.5. The molecule has 1 saturated carbocycles. The van der Waals surface area contributed by atoms with Crippen molar-refractivity contribution in [3.8, 4) is 0 Å². The van der Waals surface area contributed by atoms with Gasteiger partial charge in [0.1, 0.15) is 0 Å². The SMILES string of the molecule is Cc1ccc(NC(=O)C2CC2C(=O)N2CCCC(C)C2)cc1Br. The number of nitrogens with zero attached hydrogens (tertiary/aromatic N) is 1. The van der Waals surface area contributed by atoms with Crippen LogP contribution in [0.2, 0.25) is 0 Å². The second kappa shape index (κ2) is 6.63. The summed E-state index contributed by atoms with van der Waals surface area (Å²) in [6.07, 6.45) is 2.96. The van der Waals surface area contributed by atoms with Gasteiger partial charge in [-0.25, -0.2) is 0 Å². The van der Waals surface area contributed by atoms with Crippen LogP contribution in [0.15, 0.2) is 22.7 Å². The average molecular weight is 379 g/mol. The van der Waals surface area contributed by atoms with Crippen molar-refractivity contribution < 1.29 is 9.59 Å². The first-order chi connectivity index (χ1) is 11.0. The summed E-state index contributed by atoms with van der Waals surface area (Å²) in [7, 11) is 0. The van der Waals surface area contributed by atoms with Gasteiger partial charge in [-0.2, -0.15) is 0 Å². The molecule has 2 aliphatic rings. The zero-order valence-electron chi connectivity index (χ0n) is 13.6. The van der Waals surface area contributed by atoms with Crippen molar-refractivity contribution >= 4 is 33.4 Å². The fourth-order valence-electron chi connectivity index (χ4n) is 3.29. The highest BCUT2D eigenvalue weighted by atomic mass is 79.9. The number of halogens is 1. The van der Waals surface area contributed by atoms with Crippen LogP contribution in [0.4, 0.5) is 5.69 Å². The summed E-state index contributed by atoms with van der Waals surface area (Å²) in [6.45, 7) is 5.88. The van der Waals surface area contributed by atoms with Crippen molar-refractivity contribution in [3.63, 3.8) is 0 Å². The standard InChI is InChI=1S/C18H23BrN2O2/c1-11-4-3-7-21(10-11)18(23)15-9-14(15)17(22)20-13-6-5-12(2)16(19)8-13/h5-6,8,11,14-15H,3-4,7,9-10H2,1-2H3,(H,20,22). The number of nitrogens with one attached hydrogen (secondary N) is 1. The highest BCUT2D eigenvalue weighted by Gasteiger charge is 2.49. The molecule has 1 aromatic rings. The summed E-state index contributed by atoms with van der Waals surface area (Å²) in [6, 6.07) is 5.76. The number of hydrogen-bond donors (Lipinski definition) is 1. The molecular formula is C18H23BrN2O2. The molecule has 0 aromatic heterocycles. The van der Waals surface area contributed by atoms with Gasteiger partial charge in [-0.05, 0) is 49.8 Å². The molecule has 0 spiro atoms. The molecule has 1 N–H and O–H groups in total. The Morgan fingerprint density at radius 1 is 1.30 bits per heavy atom. The van der Waals surface area contributed by atoms with E-state index in [0.29, 0.717) is 12.3 Å². The highest BCUT2D eigenvalue weighted by molar-refractivity contribution is 9.10. The van der Waals surface area contributed by atoms with Gasteiger partial charge in [0.2, 0.25) is 11.8 Å². The lowest BCUT2D eigenvalue weighted by atomic mass is 10.00. The highest BCUT2D eigenvalue weighted by Crippen LogP contribution is 2.41. The van der Waals surface area contributed by atoms with Crippen LogP contribution in [-0.2, 0) is 9.59 Å². The third-order valence-electron chi connectivity index (χ3n) is 4.85. The summed E-state index contributed by atoms with van der Waals surface area (Å²) in [4.78, 5) is 26.8. The van der Waals surface area contributed by atoms with E-state index in [-0.39, 0.29) is 23.7 Å². The molecule has 3 atom stereocenters. The Morgan fingerprint density at radius 2 is 2.09 bits per heavy atom. The van der Waals surface area contributed by atoms with Gasteiger partial charge in [0.05, 0.1) is 11.8 Å². The van der Waals surface area contributed by atoms with Crippen molar-refractivity contribution in [2.45, 2.75) is 33.1 Å². The van der Waals surface area contributed by atoms with Crippen LogP contribution < -0.4 is 5.32 Å². The number of carbonyl (C=O) groups is 2. The molecule has 0 radical (unpaired) electrons. The van der Waals surface area contributed by atoms with Crippen LogP contribution in [0, 0.1) is 24.7 Å². The minimum atomic E-state index is -0.167. The van der Waals surface area contributed by atoms with Crippen LogP contribution in [0.5, 0.6) is 0 Å². The molecule has 23 heavy (non-hydrogen) atoms. The van der Waals surface area contributed by atoms with Gasteiger partial charge in [0.25, 0.3) is 0 Å². The van der Waals surface area contributed by atoms with Crippen molar-refractivity contribution in [2.75, 3.05) is 18.4 Å². The Hall–Kier alpha value is -1.36. The number of aryl methyl sites for hydroxylation is 1. The second-order valence-electron chi connectivity index (χ2n) is 6.93. The molecule has 2 fully saturated rings.